The largest absolute Gasteiger partial charge is 0.487 e. The van der Waals surface area contributed by atoms with Crippen LogP contribution < -0.4 is 4.74 Å². The second-order valence-electron chi connectivity index (χ2n) is 5.86. The molecule has 0 atom stereocenters. The number of pyridine rings is 1. The monoisotopic (exact) mass is 358 g/mol. The van der Waals surface area contributed by atoms with Gasteiger partial charge in [0.15, 0.2) is 5.13 Å². The minimum atomic E-state index is 0.418. The minimum absolute atomic E-state index is 0.418. The van der Waals surface area contributed by atoms with E-state index in [0.717, 1.165) is 38.5 Å². The Balaban J connectivity index is 1.42. The van der Waals surface area contributed by atoms with Crippen LogP contribution in [0.5, 0.6) is 5.75 Å². The van der Waals surface area contributed by atoms with E-state index >= 15 is 0 Å². The smallest absolute Gasteiger partial charge is 0.195 e. The Labute approximate surface area is 153 Å². The second kappa shape index (κ2) is 6.24. The summed E-state index contributed by atoms with van der Waals surface area (Å²) in [5.74, 6) is 0.783. The number of hydrogen-bond donors (Lipinski definition) is 0. The first-order chi connectivity index (χ1) is 12.9. The summed E-state index contributed by atoms with van der Waals surface area (Å²) >= 11 is 1.57. The maximum absolute atomic E-state index is 5.97. The van der Waals surface area contributed by atoms with E-state index in [2.05, 4.69) is 27.1 Å². The van der Waals surface area contributed by atoms with Crippen LogP contribution in [0.15, 0.2) is 72.5 Å². The zero-order valence-corrected chi connectivity index (χ0v) is 14.6. The molecule has 0 saturated heterocycles. The van der Waals surface area contributed by atoms with E-state index in [-0.39, 0.29) is 0 Å². The van der Waals surface area contributed by atoms with Crippen LogP contribution in [0.3, 0.4) is 0 Å². The molecule has 0 radical (unpaired) electrons. The third-order valence-corrected chi connectivity index (χ3v) is 4.96. The predicted octanol–water partition coefficient (Wildman–Crippen LogP) is 4.61. The van der Waals surface area contributed by atoms with Crippen molar-refractivity contribution in [3.8, 4) is 10.9 Å². The van der Waals surface area contributed by atoms with Crippen molar-refractivity contribution in [3.63, 3.8) is 0 Å². The molecule has 0 fully saturated rings. The molecule has 6 heteroatoms. The molecule has 0 N–H and O–H groups in total. The average Bonchev–Trinajstić information content (AvgIpc) is 3.35. The fourth-order valence-corrected chi connectivity index (χ4v) is 3.53. The molecule has 5 rings (SSSR count). The first-order valence-corrected chi connectivity index (χ1v) is 9.09. The van der Waals surface area contributed by atoms with E-state index in [9.17, 15) is 0 Å². The van der Waals surface area contributed by atoms with Crippen LogP contribution in [-0.2, 0) is 6.61 Å². The average molecular weight is 358 g/mol. The van der Waals surface area contributed by atoms with Gasteiger partial charge in [-0.2, -0.15) is 0 Å². The van der Waals surface area contributed by atoms with Gasteiger partial charge in [0, 0.05) is 23.0 Å². The molecular weight excluding hydrogens is 344 g/mol. The van der Waals surface area contributed by atoms with Crippen molar-refractivity contribution < 1.29 is 4.74 Å². The van der Waals surface area contributed by atoms with E-state index in [1.807, 2.05) is 52.4 Å². The number of hydrogen-bond acceptors (Lipinski definition) is 5. The summed E-state index contributed by atoms with van der Waals surface area (Å²) in [6, 6.07) is 18.0. The van der Waals surface area contributed by atoms with Crippen molar-refractivity contribution in [3.05, 3.63) is 78.2 Å². The lowest BCUT2D eigenvalue weighted by Gasteiger charge is -2.07. The Morgan fingerprint density at radius 3 is 2.85 bits per heavy atom. The van der Waals surface area contributed by atoms with Gasteiger partial charge in [-0.25, -0.2) is 15.0 Å². The predicted molar refractivity (Wildman–Crippen MR) is 103 cm³/mol. The van der Waals surface area contributed by atoms with Crippen molar-refractivity contribution in [1.29, 1.82) is 0 Å². The Bertz CT molecular complexity index is 1200. The Hall–Kier alpha value is -3.25. The van der Waals surface area contributed by atoms with Crippen LogP contribution in [0.1, 0.15) is 5.69 Å². The molecule has 0 aliphatic heterocycles. The summed E-state index contributed by atoms with van der Waals surface area (Å²) in [5.41, 5.74) is 3.77. The number of rotatable bonds is 4. The molecule has 0 aliphatic carbocycles. The van der Waals surface area contributed by atoms with E-state index in [1.54, 1.807) is 23.9 Å². The zero-order valence-electron chi connectivity index (χ0n) is 13.7. The molecule has 3 heterocycles. The van der Waals surface area contributed by atoms with Crippen LogP contribution in [0.2, 0.25) is 0 Å². The number of para-hydroxylation sites is 1. The number of nitrogens with zero attached hydrogens (tertiary/aromatic N) is 4. The number of imidazole rings is 1. The minimum Gasteiger partial charge on any atom is -0.487 e. The van der Waals surface area contributed by atoms with Gasteiger partial charge in [0.05, 0.1) is 22.2 Å². The third-order valence-electron chi connectivity index (χ3n) is 4.19. The van der Waals surface area contributed by atoms with Crippen molar-refractivity contribution >= 4 is 33.3 Å². The van der Waals surface area contributed by atoms with Crippen LogP contribution in [0, 0.1) is 0 Å². The van der Waals surface area contributed by atoms with Gasteiger partial charge in [0.1, 0.15) is 18.7 Å². The number of aromatic nitrogens is 4. The number of ether oxygens (including phenoxy) is 1. The lowest BCUT2D eigenvalue weighted by molar-refractivity contribution is 0.302. The van der Waals surface area contributed by atoms with Gasteiger partial charge in [0.25, 0.3) is 0 Å². The van der Waals surface area contributed by atoms with Gasteiger partial charge in [-0.05, 0) is 24.3 Å². The molecule has 5 aromatic rings. The van der Waals surface area contributed by atoms with Crippen LogP contribution in [0.25, 0.3) is 27.1 Å². The lowest BCUT2D eigenvalue weighted by Crippen LogP contribution is -1.99. The highest BCUT2D eigenvalue weighted by atomic mass is 32.1. The first kappa shape index (κ1) is 15.0. The molecule has 0 aliphatic rings. The van der Waals surface area contributed by atoms with Gasteiger partial charge in [-0.15, -0.1) is 11.3 Å². The van der Waals surface area contributed by atoms with Gasteiger partial charge in [-0.1, -0.05) is 24.3 Å². The highest BCUT2D eigenvalue weighted by Gasteiger charge is 2.08. The van der Waals surface area contributed by atoms with Crippen molar-refractivity contribution in [2.24, 2.45) is 0 Å². The lowest BCUT2D eigenvalue weighted by atomic mass is 10.2. The fourth-order valence-electron chi connectivity index (χ4n) is 2.91. The fraction of sp³-hybridized carbons (Fsp3) is 0.0500. The van der Waals surface area contributed by atoms with E-state index < -0.39 is 0 Å². The number of thiazole rings is 1. The normalized spacial score (nSPS) is 11.2. The molecule has 0 spiro atoms. The maximum atomic E-state index is 5.97. The molecule has 0 unspecified atom stereocenters. The van der Waals surface area contributed by atoms with Crippen molar-refractivity contribution in [1.82, 2.24) is 19.5 Å². The molecular formula is C20H14N4OS. The molecule has 3 aromatic heterocycles. The van der Waals surface area contributed by atoms with Gasteiger partial charge >= 0.3 is 0 Å². The maximum Gasteiger partial charge on any atom is 0.195 e. The Kier molecular flexibility index (Phi) is 3.61. The molecule has 0 amide bonds. The Morgan fingerprint density at radius 1 is 0.962 bits per heavy atom. The quantitative estimate of drug-likeness (QED) is 0.471. The molecule has 0 saturated carbocycles. The Morgan fingerprint density at radius 2 is 1.92 bits per heavy atom. The summed E-state index contributed by atoms with van der Waals surface area (Å²) in [6.07, 6.45) is 3.58. The van der Waals surface area contributed by atoms with Gasteiger partial charge < -0.3 is 4.74 Å². The highest BCUT2D eigenvalue weighted by Crippen LogP contribution is 2.24. The van der Waals surface area contributed by atoms with Crippen LogP contribution in [-0.4, -0.2) is 19.5 Å². The van der Waals surface area contributed by atoms with Crippen LogP contribution in [0.4, 0.5) is 0 Å². The molecule has 26 heavy (non-hydrogen) atoms. The summed E-state index contributed by atoms with van der Waals surface area (Å²) in [7, 11) is 0. The zero-order chi connectivity index (χ0) is 17.3. The number of fused-ring (bicyclic) bond motifs is 2. The summed E-state index contributed by atoms with van der Waals surface area (Å²) in [6.45, 7) is 0.418. The van der Waals surface area contributed by atoms with E-state index in [0.29, 0.717) is 6.61 Å². The van der Waals surface area contributed by atoms with E-state index in [1.165, 1.54) is 0 Å². The molecule has 5 nitrogen and oxygen atoms in total. The summed E-state index contributed by atoms with van der Waals surface area (Å²) in [4.78, 5) is 13.4. The van der Waals surface area contributed by atoms with Gasteiger partial charge in [0.2, 0.25) is 0 Å². The summed E-state index contributed by atoms with van der Waals surface area (Å²) < 4.78 is 7.94. The molecule has 2 aromatic carbocycles. The standard InChI is InChI=1S/C20H14N4OS/c1-2-4-17-14(3-1)5-6-15(23-17)12-25-16-7-8-18-19(11-16)24(13-22-18)20-21-9-10-26-20/h1-11,13H,12H2. The van der Waals surface area contributed by atoms with Crippen LogP contribution >= 0.6 is 11.3 Å². The second-order valence-corrected chi connectivity index (χ2v) is 6.74. The topological polar surface area (TPSA) is 52.8 Å². The van der Waals surface area contributed by atoms with E-state index in [4.69, 9.17) is 4.74 Å². The van der Waals surface area contributed by atoms with Crippen molar-refractivity contribution in [2.75, 3.05) is 0 Å². The SMILES string of the molecule is c1ccc2nc(COc3ccc4ncn(-c5nccs5)c4c3)ccc2c1. The molecule has 0 bridgehead atoms. The first-order valence-electron chi connectivity index (χ1n) is 8.21. The summed E-state index contributed by atoms with van der Waals surface area (Å²) in [5, 5.41) is 3.97. The van der Waals surface area contributed by atoms with Crippen molar-refractivity contribution in [2.45, 2.75) is 6.61 Å². The highest BCUT2D eigenvalue weighted by molar-refractivity contribution is 7.12. The number of benzene rings is 2. The third kappa shape index (κ3) is 2.70. The van der Waals surface area contributed by atoms with Gasteiger partial charge in [-0.3, -0.25) is 4.57 Å². The molecule has 126 valence electrons.